The van der Waals surface area contributed by atoms with Crippen LogP contribution in [-0.4, -0.2) is 77.6 Å². The van der Waals surface area contributed by atoms with E-state index in [1.165, 1.54) is 22.0 Å². The summed E-state index contributed by atoms with van der Waals surface area (Å²) in [6.45, 7) is 3.78. The van der Waals surface area contributed by atoms with E-state index in [0.717, 1.165) is 17.6 Å². The van der Waals surface area contributed by atoms with Crippen LogP contribution in [0.5, 0.6) is 0 Å². The molecule has 4 aromatic rings. The first-order valence-corrected chi connectivity index (χ1v) is 10.8. The minimum Gasteiger partial charge on any atom is -0.367 e. The Hall–Kier alpha value is -4.41. The molecule has 11 heteroatoms. The van der Waals surface area contributed by atoms with Crippen LogP contribution >= 0.6 is 0 Å². The number of aromatic amines is 1. The maximum absolute atomic E-state index is 14.7. The molecule has 1 aliphatic rings. The van der Waals surface area contributed by atoms with Gasteiger partial charge in [-0.15, -0.1) is 5.10 Å². The van der Waals surface area contributed by atoms with Gasteiger partial charge in [0, 0.05) is 38.6 Å². The second kappa shape index (κ2) is 8.85. The number of H-pyrrole nitrogens is 1. The number of fused-ring (bicyclic) bond motifs is 1. The number of nitrogens with one attached hydrogen (secondary N) is 1. The van der Waals surface area contributed by atoms with Crippen LogP contribution in [0, 0.1) is 5.82 Å². The highest BCUT2D eigenvalue weighted by molar-refractivity contribution is 6.45. The van der Waals surface area contributed by atoms with E-state index in [0.29, 0.717) is 26.2 Å². The Labute approximate surface area is 193 Å². The van der Waals surface area contributed by atoms with Crippen molar-refractivity contribution in [2.45, 2.75) is 6.92 Å². The number of Topliss-reactive ketones (excluding diaryl/α,β-unsaturated/α-hetero) is 1. The van der Waals surface area contributed by atoms with Gasteiger partial charge in [0.15, 0.2) is 11.6 Å². The van der Waals surface area contributed by atoms with E-state index in [2.05, 4.69) is 30.2 Å². The fraction of sp³-hybridized carbons (Fsp3) is 0.217. The van der Waals surface area contributed by atoms with Crippen molar-refractivity contribution in [2.75, 3.05) is 26.2 Å². The van der Waals surface area contributed by atoms with Crippen molar-refractivity contribution in [1.29, 1.82) is 0 Å². The van der Waals surface area contributed by atoms with Crippen LogP contribution in [0.25, 0.3) is 22.4 Å². The SMILES string of the molecule is CC=C(c1ccccn1)N1CCN(C(=O)C(=O)c2c[nH]c3c(-n4ccnn4)ncc(F)c23)CC1. The van der Waals surface area contributed by atoms with Crippen LogP contribution in [0.2, 0.25) is 0 Å². The summed E-state index contributed by atoms with van der Waals surface area (Å²) in [7, 11) is 0. The lowest BCUT2D eigenvalue weighted by molar-refractivity contribution is -0.127. The highest BCUT2D eigenvalue weighted by Gasteiger charge is 2.30. The molecular weight excluding hydrogens is 439 g/mol. The Bertz CT molecular complexity index is 1370. The molecule has 0 spiro atoms. The van der Waals surface area contributed by atoms with E-state index >= 15 is 0 Å². The normalized spacial score (nSPS) is 14.6. The summed E-state index contributed by atoms with van der Waals surface area (Å²) in [6, 6.07) is 5.72. The molecule has 0 bridgehead atoms. The number of allylic oxidation sites excluding steroid dienone is 1. The summed E-state index contributed by atoms with van der Waals surface area (Å²) in [4.78, 5) is 41.1. The van der Waals surface area contributed by atoms with Gasteiger partial charge in [-0.2, -0.15) is 0 Å². The number of piperazine rings is 1. The van der Waals surface area contributed by atoms with Crippen molar-refractivity contribution in [3.63, 3.8) is 0 Å². The lowest BCUT2D eigenvalue weighted by Crippen LogP contribution is -2.49. The second-order valence-electron chi connectivity index (χ2n) is 7.73. The van der Waals surface area contributed by atoms with Crippen LogP contribution in [0.4, 0.5) is 4.39 Å². The number of hydrogen-bond acceptors (Lipinski definition) is 7. The molecule has 1 saturated heterocycles. The average Bonchev–Trinajstić information content (AvgIpc) is 3.56. The molecule has 0 unspecified atom stereocenters. The van der Waals surface area contributed by atoms with Crippen LogP contribution in [0.1, 0.15) is 23.0 Å². The molecule has 34 heavy (non-hydrogen) atoms. The van der Waals surface area contributed by atoms with Gasteiger partial charge in [0.25, 0.3) is 11.7 Å². The fourth-order valence-corrected chi connectivity index (χ4v) is 4.18. The van der Waals surface area contributed by atoms with Crippen molar-refractivity contribution in [2.24, 2.45) is 0 Å². The molecule has 0 aliphatic carbocycles. The Morgan fingerprint density at radius 1 is 1.09 bits per heavy atom. The molecule has 0 radical (unpaired) electrons. The monoisotopic (exact) mass is 460 g/mol. The van der Waals surface area contributed by atoms with Crippen LogP contribution in [0.15, 0.2) is 55.3 Å². The molecule has 0 atom stereocenters. The number of halogens is 1. The van der Waals surface area contributed by atoms with Gasteiger partial charge in [-0.25, -0.2) is 14.1 Å². The van der Waals surface area contributed by atoms with E-state index in [1.807, 2.05) is 31.2 Å². The molecular formula is C23H21FN8O2. The number of amides is 1. The van der Waals surface area contributed by atoms with Gasteiger partial charge in [0.2, 0.25) is 0 Å². The first-order chi connectivity index (χ1) is 16.6. The predicted molar refractivity (Wildman–Crippen MR) is 121 cm³/mol. The molecule has 5 rings (SSSR count). The molecule has 5 heterocycles. The highest BCUT2D eigenvalue weighted by Crippen LogP contribution is 2.26. The Morgan fingerprint density at radius 3 is 2.56 bits per heavy atom. The number of nitrogens with zero attached hydrogens (tertiary/aromatic N) is 7. The van der Waals surface area contributed by atoms with E-state index in [4.69, 9.17) is 0 Å². The minimum absolute atomic E-state index is 0.00356. The third-order valence-corrected chi connectivity index (χ3v) is 5.83. The predicted octanol–water partition coefficient (Wildman–Crippen LogP) is 2.07. The van der Waals surface area contributed by atoms with Gasteiger partial charge >= 0.3 is 0 Å². The topological polar surface area (TPSA) is 113 Å². The quantitative estimate of drug-likeness (QED) is 0.358. The molecule has 1 fully saturated rings. The maximum atomic E-state index is 14.7. The van der Waals surface area contributed by atoms with Crippen molar-refractivity contribution < 1.29 is 14.0 Å². The maximum Gasteiger partial charge on any atom is 0.295 e. The summed E-state index contributed by atoms with van der Waals surface area (Å²) >= 11 is 0. The zero-order valence-corrected chi connectivity index (χ0v) is 18.3. The fourth-order valence-electron chi connectivity index (χ4n) is 4.18. The minimum atomic E-state index is -0.773. The number of ketones is 1. The van der Waals surface area contributed by atoms with Crippen molar-refractivity contribution in [3.05, 3.63) is 72.3 Å². The summed E-state index contributed by atoms with van der Waals surface area (Å²) < 4.78 is 16.0. The lowest BCUT2D eigenvalue weighted by atomic mass is 10.1. The van der Waals surface area contributed by atoms with Gasteiger partial charge in [-0.1, -0.05) is 17.4 Å². The Kier molecular flexibility index (Phi) is 5.58. The molecule has 1 N–H and O–H groups in total. The number of aromatic nitrogens is 6. The van der Waals surface area contributed by atoms with Gasteiger partial charge in [0.1, 0.15) is 0 Å². The van der Waals surface area contributed by atoms with E-state index in [9.17, 15) is 14.0 Å². The lowest BCUT2D eigenvalue weighted by Gasteiger charge is -2.36. The number of rotatable bonds is 5. The Balaban J connectivity index is 1.35. The molecule has 172 valence electrons. The van der Waals surface area contributed by atoms with Gasteiger partial charge in [-0.3, -0.25) is 14.6 Å². The van der Waals surface area contributed by atoms with Gasteiger partial charge in [-0.05, 0) is 19.1 Å². The first kappa shape index (κ1) is 21.4. The summed E-state index contributed by atoms with van der Waals surface area (Å²) in [5, 5.41) is 7.60. The third-order valence-electron chi connectivity index (χ3n) is 5.83. The number of hydrogen-bond donors (Lipinski definition) is 1. The Morgan fingerprint density at radius 2 is 1.88 bits per heavy atom. The number of carbonyl (C=O) groups is 2. The first-order valence-electron chi connectivity index (χ1n) is 10.8. The molecule has 1 aliphatic heterocycles. The second-order valence-corrected chi connectivity index (χ2v) is 7.73. The van der Waals surface area contributed by atoms with E-state index in [1.54, 1.807) is 12.4 Å². The zero-order chi connectivity index (χ0) is 23.7. The van der Waals surface area contributed by atoms with E-state index in [-0.39, 0.29) is 22.3 Å². The molecule has 10 nitrogen and oxygen atoms in total. The summed E-state index contributed by atoms with van der Waals surface area (Å²) in [6.07, 6.45) is 9.08. The zero-order valence-electron chi connectivity index (χ0n) is 18.3. The van der Waals surface area contributed by atoms with Crippen molar-refractivity contribution >= 4 is 28.3 Å². The van der Waals surface area contributed by atoms with Crippen LogP contribution < -0.4 is 0 Å². The van der Waals surface area contributed by atoms with Crippen LogP contribution in [-0.2, 0) is 4.79 Å². The van der Waals surface area contributed by atoms with Crippen molar-refractivity contribution in [3.8, 4) is 5.82 Å². The summed E-state index contributed by atoms with van der Waals surface area (Å²) in [5.41, 5.74) is 2.06. The summed E-state index contributed by atoms with van der Waals surface area (Å²) in [5.74, 6) is -1.86. The molecule has 1 amide bonds. The third kappa shape index (κ3) is 3.70. The van der Waals surface area contributed by atoms with E-state index < -0.39 is 17.5 Å². The van der Waals surface area contributed by atoms with Crippen molar-refractivity contribution in [1.82, 2.24) is 39.7 Å². The highest BCUT2D eigenvalue weighted by atomic mass is 19.1. The molecule has 0 saturated carbocycles. The molecule has 0 aromatic carbocycles. The number of carbonyl (C=O) groups excluding carboxylic acids is 2. The van der Waals surface area contributed by atoms with Gasteiger partial charge < -0.3 is 14.8 Å². The average molecular weight is 460 g/mol. The van der Waals surface area contributed by atoms with Gasteiger partial charge in [0.05, 0.1) is 46.4 Å². The smallest absolute Gasteiger partial charge is 0.295 e. The standard InChI is InChI=1S/C23H21FN8O2/c1-2-18(17-5-3-4-6-25-17)30-9-11-31(12-10-30)23(34)21(33)15-13-26-20-19(15)16(24)14-27-22(20)32-8-7-28-29-32/h2-8,13-14,26H,9-12H2,1H3. The molecule has 4 aromatic heterocycles. The largest absolute Gasteiger partial charge is 0.367 e. The van der Waals surface area contributed by atoms with Crippen LogP contribution in [0.3, 0.4) is 0 Å². The number of pyridine rings is 2.